The molecule has 0 saturated carbocycles. The van der Waals surface area contributed by atoms with Gasteiger partial charge in [0.15, 0.2) is 24.8 Å². The van der Waals surface area contributed by atoms with Crippen LogP contribution in [0.4, 0.5) is 11.4 Å². The number of pyridine rings is 2. The lowest BCUT2D eigenvalue weighted by Gasteiger charge is -2.32. The van der Waals surface area contributed by atoms with E-state index < -0.39 is 0 Å². The van der Waals surface area contributed by atoms with E-state index in [0.29, 0.717) is 370 Å². The molecule has 0 radical (unpaired) electrons. The van der Waals surface area contributed by atoms with Gasteiger partial charge in [-0.1, -0.05) is 47.9 Å². The molecular weight excluding hydrogens is 1770 g/mol. The quantitative estimate of drug-likeness (QED) is 0.0196. The number of hydrogen-bond donors (Lipinski definition) is 0. The third-order valence-corrected chi connectivity index (χ3v) is 21.3. The fourth-order valence-electron chi connectivity index (χ4n) is 14.2. The number of nitrogens with zero attached hydrogens (tertiary/aromatic N) is 4. The smallest absolute Gasteiger partial charge is 0.168 e. The Morgan fingerprint density at radius 1 is 0.212 bits per heavy atom. The second-order valence-electron chi connectivity index (χ2n) is 31.3. The highest BCUT2D eigenvalue weighted by Gasteiger charge is 2.43. The second-order valence-corrected chi connectivity index (χ2v) is 31.3. The number of aromatic nitrogens is 2. The summed E-state index contributed by atoms with van der Waals surface area (Å²) in [6, 6.07) is 43.1. The maximum absolute atomic E-state index is 6.13. The molecule has 0 fully saturated rings. The highest BCUT2D eigenvalue weighted by molar-refractivity contribution is 5.82. The number of rotatable bonds is 94. The van der Waals surface area contributed by atoms with Crippen LogP contribution in [0.15, 0.2) is 146 Å². The molecular formula is C105H160N4O28+2. The second kappa shape index (κ2) is 83.4. The first-order chi connectivity index (χ1) is 68.0. The summed E-state index contributed by atoms with van der Waals surface area (Å²) in [5, 5.41) is 0. The zero-order valence-electron chi connectivity index (χ0n) is 82.4. The van der Waals surface area contributed by atoms with Crippen molar-refractivity contribution in [3.8, 4) is 34.8 Å². The van der Waals surface area contributed by atoms with E-state index in [2.05, 4.69) is 189 Å². The van der Waals surface area contributed by atoms with E-state index in [-0.39, 0.29) is 5.41 Å². The van der Waals surface area contributed by atoms with Gasteiger partial charge in [-0.2, -0.15) is 0 Å². The van der Waals surface area contributed by atoms with Gasteiger partial charge in [-0.25, -0.2) is 9.13 Å². The lowest BCUT2D eigenvalue weighted by atomic mass is 9.70. The molecule has 2 heterocycles. The number of benzene rings is 4. The van der Waals surface area contributed by atoms with Crippen molar-refractivity contribution in [3.05, 3.63) is 179 Å². The minimum Gasteiger partial charge on any atom is -0.382 e. The predicted molar refractivity (Wildman–Crippen MR) is 521 cm³/mol. The summed E-state index contributed by atoms with van der Waals surface area (Å²) in [6.07, 6.45) is 12.4. The molecule has 0 bridgehead atoms. The SMILES string of the molecule is COCCOCCOCCOCCOCCOCCOCCN(CCOCCOCCOCCOCCOCCOCCOC)c1ccc(C#Cc2ccc3c(c2)C(CCC[n+]2ccccc2)(CCC[n+]2ccccc2)c2cc(C#Cc4ccc(N(CCOCCOCCOCCOCCOCCOCCOC)CCOCCOCCOCCOCCOCCOCCOC)cc4)ccc2-3)cc1. The zero-order chi connectivity index (χ0) is 96.0. The Hall–Kier alpha value is -7.22. The fraction of sp³-hybridized carbons (Fsp3) is 0.638. The van der Waals surface area contributed by atoms with Crippen LogP contribution >= 0.6 is 0 Å². The van der Waals surface area contributed by atoms with E-state index in [4.69, 9.17) is 133 Å². The van der Waals surface area contributed by atoms with Crippen LogP contribution < -0.4 is 18.9 Å². The normalized spacial score (nSPS) is 12.0. The Kier molecular flexibility index (Phi) is 71.1. The van der Waals surface area contributed by atoms with Gasteiger partial charge in [-0.05, 0) is 108 Å². The minimum absolute atomic E-state index is 0.346. The first kappa shape index (κ1) is 117. The largest absolute Gasteiger partial charge is 0.382 e. The van der Waals surface area contributed by atoms with Crippen LogP contribution in [0.3, 0.4) is 0 Å². The molecule has 0 aliphatic heterocycles. The first-order valence-corrected chi connectivity index (χ1v) is 48.8. The topological polar surface area (TPSA) is 273 Å². The summed E-state index contributed by atoms with van der Waals surface area (Å²) in [5.41, 5.74) is 10.5. The summed E-state index contributed by atoms with van der Waals surface area (Å²) >= 11 is 0. The lowest BCUT2D eigenvalue weighted by molar-refractivity contribution is -0.698. The van der Waals surface area contributed by atoms with Crippen molar-refractivity contribution < 1.29 is 142 Å². The molecule has 0 N–H and O–H groups in total. The summed E-state index contributed by atoms with van der Waals surface area (Å²) in [7, 11) is 6.60. The molecule has 137 heavy (non-hydrogen) atoms. The van der Waals surface area contributed by atoms with Gasteiger partial charge in [0.1, 0.15) is 13.1 Å². The summed E-state index contributed by atoms with van der Waals surface area (Å²) in [5.74, 6) is 14.4. The molecule has 0 amide bonds. The Bertz CT molecular complexity index is 3590. The summed E-state index contributed by atoms with van der Waals surface area (Å²) in [6.45, 7) is 29.8. The Morgan fingerprint density at radius 2 is 0.394 bits per heavy atom. The van der Waals surface area contributed by atoms with Crippen molar-refractivity contribution >= 4 is 11.4 Å². The Labute approximate surface area is 815 Å². The molecule has 32 heteroatoms. The van der Waals surface area contributed by atoms with E-state index in [1.54, 1.807) is 28.4 Å². The Balaban J connectivity index is 0.969. The van der Waals surface area contributed by atoms with Gasteiger partial charge in [0.05, 0.1) is 344 Å². The van der Waals surface area contributed by atoms with E-state index in [9.17, 15) is 0 Å². The molecule has 32 nitrogen and oxygen atoms in total. The van der Waals surface area contributed by atoms with Crippen LogP contribution in [0.25, 0.3) is 11.1 Å². The summed E-state index contributed by atoms with van der Waals surface area (Å²) in [4.78, 5) is 4.55. The van der Waals surface area contributed by atoms with Gasteiger partial charge >= 0.3 is 0 Å². The third-order valence-electron chi connectivity index (χ3n) is 21.3. The standard InChI is InChI=1S/C105H160N4O28/c1-110-45-49-118-61-65-126-77-81-134-89-85-130-73-69-122-57-53-114-41-37-108(38-42-115-54-58-123-70-74-131-86-90-135-82-78-127-66-62-119-50-46-111-2)99-23-17-95(18-24-99)13-15-97-21-27-101-102-28-22-98(94-104(102)105(103(101)93-97,29-11-35-106-31-7-5-8-32-106)30-12-36-107-33-9-6-10-34-107)16-14-96-19-25-100(26-20-96)109(39-43-116-55-59-124-71-75-132-87-91-136-83-79-128-67-63-120-51-47-112-3)40-44-117-56-60-125-72-76-133-88-92-137-84-80-129-68-64-121-52-48-113-4/h5-10,17-28,31-34,93-94H,11-12,29-30,35-92H2,1-4H3/q+2. The molecule has 2 aromatic heterocycles. The highest BCUT2D eigenvalue weighted by Crippen LogP contribution is 2.54. The number of methoxy groups -OCH3 is 4. The molecule has 0 unspecified atom stereocenters. The van der Waals surface area contributed by atoms with E-state index >= 15 is 0 Å². The third kappa shape index (κ3) is 56.9. The predicted octanol–water partition coefficient (Wildman–Crippen LogP) is 8.89. The lowest BCUT2D eigenvalue weighted by Crippen LogP contribution is -2.36. The molecule has 766 valence electrons. The Morgan fingerprint density at radius 3 is 0.599 bits per heavy atom. The van der Waals surface area contributed by atoms with Gasteiger partial charge in [-0.3, -0.25) is 0 Å². The molecule has 0 saturated heterocycles. The van der Waals surface area contributed by atoms with Crippen molar-refractivity contribution in [2.24, 2.45) is 0 Å². The van der Waals surface area contributed by atoms with Gasteiger partial charge < -0.3 is 142 Å². The van der Waals surface area contributed by atoms with Crippen LogP contribution in [0.5, 0.6) is 0 Å². The molecule has 6 aromatic rings. The van der Waals surface area contributed by atoms with Crippen molar-refractivity contribution in [3.63, 3.8) is 0 Å². The van der Waals surface area contributed by atoms with Crippen molar-refractivity contribution in [1.29, 1.82) is 0 Å². The van der Waals surface area contributed by atoms with Crippen molar-refractivity contribution in [1.82, 2.24) is 0 Å². The zero-order valence-corrected chi connectivity index (χ0v) is 82.4. The average molecular weight is 1930 g/mol. The van der Waals surface area contributed by atoms with Crippen LogP contribution in [0.1, 0.15) is 59.1 Å². The average Bonchev–Trinajstić information content (AvgIpc) is 1.56. The number of hydrogen-bond acceptors (Lipinski definition) is 30. The van der Waals surface area contributed by atoms with Gasteiger partial charge in [0.2, 0.25) is 0 Å². The van der Waals surface area contributed by atoms with Crippen LogP contribution in [0, 0.1) is 23.7 Å². The van der Waals surface area contributed by atoms with Gasteiger partial charge in [0.25, 0.3) is 0 Å². The first-order valence-electron chi connectivity index (χ1n) is 48.8. The van der Waals surface area contributed by atoms with E-state index in [1.807, 2.05) is 0 Å². The number of ether oxygens (including phenoxy) is 28. The molecule has 1 aliphatic rings. The molecule has 0 atom stereocenters. The summed E-state index contributed by atoms with van der Waals surface area (Å²) < 4.78 is 162. The van der Waals surface area contributed by atoms with Gasteiger partial charge in [0, 0.05) is 131 Å². The highest BCUT2D eigenvalue weighted by atomic mass is 16.6. The molecule has 0 spiro atoms. The van der Waals surface area contributed by atoms with Crippen molar-refractivity contribution in [2.75, 3.05) is 408 Å². The van der Waals surface area contributed by atoms with Crippen molar-refractivity contribution in [2.45, 2.75) is 44.2 Å². The maximum Gasteiger partial charge on any atom is 0.168 e. The molecule has 7 rings (SSSR count). The number of anilines is 2. The van der Waals surface area contributed by atoms with Crippen LogP contribution in [-0.2, 0) is 151 Å². The number of fused-ring (bicyclic) bond motifs is 3. The molecule has 4 aromatic carbocycles. The fourth-order valence-corrected chi connectivity index (χ4v) is 14.2. The number of aryl methyl sites for hydroxylation is 2. The van der Waals surface area contributed by atoms with Gasteiger partial charge in [-0.15, -0.1) is 0 Å². The van der Waals surface area contributed by atoms with Crippen LogP contribution in [-0.4, -0.2) is 398 Å². The minimum atomic E-state index is -0.346. The molecule has 1 aliphatic carbocycles. The van der Waals surface area contributed by atoms with E-state index in [0.717, 1.165) is 72.4 Å². The van der Waals surface area contributed by atoms with E-state index in [1.165, 1.54) is 22.3 Å². The van der Waals surface area contributed by atoms with Crippen LogP contribution in [0.2, 0.25) is 0 Å². The maximum atomic E-state index is 6.13. The monoisotopic (exact) mass is 1930 g/mol.